The Morgan fingerprint density at radius 2 is 1.94 bits per heavy atom. The largest absolute Gasteiger partial charge is 0.389 e. The van der Waals surface area contributed by atoms with Crippen molar-refractivity contribution in [1.29, 1.82) is 0 Å². The third kappa shape index (κ3) is 5.65. The minimum absolute atomic E-state index is 0.300. The second-order valence-corrected chi connectivity index (χ2v) is 6.38. The SMILES string of the molecule is CCNCC1(CN(C)CC(C)(C)O)CCOCC1. The van der Waals surface area contributed by atoms with Crippen molar-refractivity contribution in [2.24, 2.45) is 5.41 Å². The van der Waals surface area contributed by atoms with Crippen molar-refractivity contribution in [3.05, 3.63) is 0 Å². The number of likely N-dealkylation sites (N-methyl/N-ethyl adjacent to an activating group) is 1. The summed E-state index contributed by atoms with van der Waals surface area (Å²) in [6, 6.07) is 0. The third-order valence-electron chi connectivity index (χ3n) is 3.57. The first kappa shape index (κ1) is 15.9. The van der Waals surface area contributed by atoms with Crippen LogP contribution in [-0.4, -0.2) is 62.0 Å². The van der Waals surface area contributed by atoms with Gasteiger partial charge in [0.2, 0.25) is 0 Å². The van der Waals surface area contributed by atoms with Gasteiger partial charge in [-0.3, -0.25) is 0 Å². The molecule has 0 atom stereocenters. The summed E-state index contributed by atoms with van der Waals surface area (Å²) in [5.41, 5.74) is -0.326. The number of rotatable bonds is 7. The number of nitrogens with one attached hydrogen (secondary N) is 1. The molecule has 18 heavy (non-hydrogen) atoms. The van der Waals surface area contributed by atoms with E-state index in [-0.39, 0.29) is 0 Å². The van der Waals surface area contributed by atoms with Crippen LogP contribution in [0.5, 0.6) is 0 Å². The summed E-state index contributed by atoms with van der Waals surface area (Å²) in [6.45, 7) is 11.4. The van der Waals surface area contributed by atoms with Crippen LogP contribution in [0.4, 0.5) is 0 Å². The Kier molecular flexibility index (Phi) is 6.05. The first-order valence-corrected chi connectivity index (χ1v) is 7.06. The standard InChI is InChI=1S/C14H30N2O2/c1-5-15-10-14(6-8-18-9-7-14)12-16(4)11-13(2,3)17/h15,17H,5-12H2,1-4H3. The second-order valence-electron chi connectivity index (χ2n) is 6.38. The van der Waals surface area contributed by atoms with Gasteiger partial charge in [0.1, 0.15) is 0 Å². The fraction of sp³-hybridized carbons (Fsp3) is 1.00. The molecule has 108 valence electrons. The topological polar surface area (TPSA) is 44.7 Å². The molecule has 0 aromatic rings. The minimum Gasteiger partial charge on any atom is -0.389 e. The summed E-state index contributed by atoms with van der Waals surface area (Å²) in [6.07, 6.45) is 2.21. The molecule has 4 heteroatoms. The van der Waals surface area contributed by atoms with Crippen LogP contribution in [0.15, 0.2) is 0 Å². The number of hydrogen-bond donors (Lipinski definition) is 2. The van der Waals surface area contributed by atoms with E-state index in [9.17, 15) is 5.11 Å². The highest BCUT2D eigenvalue weighted by atomic mass is 16.5. The van der Waals surface area contributed by atoms with E-state index in [1.54, 1.807) is 0 Å². The summed E-state index contributed by atoms with van der Waals surface area (Å²) in [7, 11) is 2.10. The molecule has 1 rings (SSSR count). The van der Waals surface area contributed by atoms with E-state index in [0.29, 0.717) is 12.0 Å². The van der Waals surface area contributed by atoms with E-state index in [4.69, 9.17) is 4.74 Å². The Morgan fingerprint density at radius 1 is 1.33 bits per heavy atom. The summed E-state index contributed by atoms with van der Waals surface area (Å²) >= 11 is 0. The lowest BCUT2D eigenvalue weighted by Crippen LogP contribution is -2.49. The molecule has 2 N–H and O–H groups in total. The molecule has 4 nitrogen and oxygen atoms in total. The second kappa shape index (κ2) is 6.85. The van der Waals surface area contributed by atoms with Crippen molar-refractivity contribution in [2.75, 3.05) is 46.4 Å². The highest BCUT2D eigenvalue weighted by Crippen LogP contribution is 2.31. The van der Waals surface area contributed by atoms with E-state index in [1.165, 1.54) is 0 Å². The average molecular weight is 258 g/mol. The van der Waals surface area contributed by atoms with Crippen LogP contribution < -0.4 is 5.32 Å². The summed E-state index contributed by atoms with van der Waals surface area (Å²) in [5.74, 6) is 0. The van der Waals surface area contributed by atoms with Crippen LogP contribution in [-0.2, 0) is 4.74 Å². The van der Waals surface area contributed by atoms with Crippen LogP contribution in [0.2, 0.25) is 0 Å². The van der Waals surface area contributed by atoms with E-state index in [0.717, 1.165) is 45.7 Å². The van der Waals surface area contributed by atoms with Gasteiger partial charge >= 0.3 is 0 Å². The molecule has 0 aromatic carbocycles. The molecular formula is C14H30N2O2. The molecule has 1 aliphatic rings. The van der Waals surface area contributed by atoms with Gasteiger partial charge in [0.05, 0.1) is 5.60 Å². The van der Waals surface area contributed by atoms with Gasteiger partial charge in [-0.2, -0.15) is 0 Å². The number of ether oxygens (including phenoxy) is 1. The fourth-order valence-corrected chi connectivity index (χ4v) is 2.87. The zero-order chi connectivity index (χ0) is 13.6. The van der Waals surface area contributed by atoms with Crippen molar-refractivity contribution >= 4 is 0 Å². The van der Waals surface area contributed by atoms with Gasteiger partial charge in [-0.1, -0.05) is 6.92 Å². The Balaban J connectivity index is 2.54. The molecule has 0 aliphatic carbocycles. The average Bonchev–Trinajstić information content (AvgIpc) is 2.25. The number of hydrogen-bond acceptors (Lipinski definition) is 4. The summed E-state index contributed by atoms with van der Waals surface area (Å²) < 4.78 is 5.49. The maximum atomic E-state index is 9.90. The highest BCUT2D eigenvalue weighted by Gasteiger charge is 2.34. The Hall–Kier alpha value is -0.160. The normalized spacial score (nSPS) is 20.3. The molecule has 0 spiro atoms. The maximum absolute atomic E-state index is 9.90. The summed E-state index contributed by atoms with van der Waals surface area (Å²) in [4.78, 5) is 2.25. The smallest absolute Gasteiger partial charge is 0.0718 e. The Morgan fingerprint density at radius 3 is 2.44 bits per heavy atom. The quantitative estimate of drug-likeness (QED) is 0.718. The van der Waals surface area contributed by atoms with E-state index >= 15 is 0 Å². The van der Waals surface area contributed by atoms with Crippen molar-refractivity contribution in [3.8, 4) is 0 Å². The van der Waals surface area contributed by atoms with Gasteiger partial charge in [0.25, 0.3) is 0 Å². The molecular weight excluding hydrogens is 228 g/mol. The van der Waals surface area contributed by atoms with E-state index in [2.05, 4.69) is 24.2 Å². The summed E-state index contributed by atoms with van der Waals surface area (Å²) in [5, 5.41) is 13.4. The minimum atomic E-state index is -0.626. The van der Waals surface area contributed by atoms with E-state index in [1.807, 2.05) is 13.8 Å². The lowest BCUT2D eigenvalue weighted by molar-refractivity contribution is -0.0170. The third-order valence-corrected chi connectivity index (χ3v) is 3.57. The molecule has 1 fully saturated rings. The highest BCUT2D eigenvalue weighted by molar-refractivity contribution is 4.87. The van der Waals surface area contributed by atoms with Gasteiger partial charge in [0.15, 0.2) is 0 Å². The van der Waals surface area contributed by atoms with Gasteiger partial charge in [0, 0.05) is 32.8 Å². The van der Waals surface area contributed by atoms with Crippen molar-refractivity contribution in [1.82, 2.24) is 10.2 Å². The molecule has 0 saturated carbocycles. The van der Waals surface area contributed by atoms with Crippen LogP contribution >= 0.6 is 0 Å². The van der Waals surface area contributed by atoms with Gasteiger partial charge in [-0.05, 0) is 45.7 Å². The zero-order valence-corrected chi connectivity index (χ0v) is 12.5. The monoisotopic (exact) mass is 258 g/mol. The molecule has 0 amide bonds. The van der Waals surface area contributed by atoms with Crippen LogP contribution in [0, 0.1) is 5.41 Å². The van der Waals surface area contributed by atoms with Crippen LogP contribution in [0.3, 0.4) is 0 Å². The lowest BCUT2D eigenvalue weighted by Gasteiger charge is -2.41. The van der Waals surface area contributed by atoms with Crippen molar-refractivity contribution < 1.29 is 9.84 Å². The first-order chi connectivity index (χ1) is 8.37. The van der Waals surface area contributed by atoms with Gasteiger partial charge < -0.3 is 20.1 Å². The zero-order valence-electron chi connectivity index (χ0n) is 12.5. The molecule has 1 aliphatic heterocycles. The van der Waals surface area contributed by atoms with Crippen molar-refractivity contribution in [3.63, 3.8) is 0 Å². The van der Waals surface area contributed by atoms with Crippen molar-refractivity contribution in [2.45, 2.75) is 39.2 Å². The number of aliphatic hydroxyl groups is 1. The van der Waals surface area contributed by atoms with Crippen LogP contribution in [0.25, 0.3) is 0 Å². The lowest BCUT2D eigenvalue weighted by atomic mass is 9.79. The predicted molar refractivity (Wildman–Crippen MR) is 74.8 cm³/mol. The Bertz CT molecular complexity index is 232. The molecule has 0 bridgehead atoms. The molecule has 1 heterocycles. The van der Waals surface area contributed by atoms with Gasteiger partial charge in [-0.15, -0.1) is 0 Å². The molecule has 0 unspecified atom stereocenters. The van der Waals surface area contributed by atoms with Gasteiger partial charge in [-0.25, -0.2) is 0 Å². The molecule has 1 saturated heterocycles. The predicted octanol–water partition coefficient (Wildman–Crippen LogP) is 1.10. The maximum Gasteiger partial charge on any atom is 0.0718 e. The molecule has 0 radical (unpaired) electrons. The Labute approximate surface area is 112 Å². The van der Waals surface area contributed by atoms with E-state index < -0.39 is 5.60 Å². The first-order valence-electron chi connectivity index (χ1n) is 7.06. The molecule has 0 aromatic heterocycles. The van der Waals surface area contributed by atoms with Crippen LogP contribution in [0.1, 0.15) is 33.6 Å². The fourth-order valence-electron chi connectivity index (χ4n) is 2.87. The number of nitrogens with zero attached hydrogens (tertiary/aromatic N) is 1.